The normalized spacial score (nSPS) is 18.8. The molecule has 0 radical (unpaired) electrons. The second kappa shape index (κ2) is 10.5. The molecule has 2 aromatic heterocycles. The van der Waals surface area contributed by atoms with Crippen LogP contribution in [0.5, 0.6) is 0 Å². The van der Waals surface area contributed by atoms with E-state index in [0.717, 1.165) is 59.7 Å². The molecule has 2 saturated heterocycles. The molecule has 0 spiro atoms. The third-order valence-electron chi connectivity index (χ3n) is 8.51. The molecule has 13 heteroatoms. The van der Waals surface area contributed by atoms with E-state index in [-0.39, 0.29) is 17.7 Å². The van der Waals surface area contributed by atoms with Crippen molar-refractivity contribution in [3.8, 4) is 0 Å². The number of fused-ring (bicyclic) bond motifs is 2. The van der Waals surface area contributed by atoms with Crippen LogP contribution in [0.2, 0.25) is 5.02 Å². The van der Waals surface area contributed by atoms with Gasteiger partial charge in [0.1, 0.15) is 5.02 Å². The van der Waals surface area contributed by atoms with E-state index in [4.69, 9.17) is 16.6 Å². The van der Waals surface area contributed by atoms with Gasteiger partial charge in [0.25, 0.3) is 0 Å². The summed E-state index contributed by atoms with van der Waals surface area (Å²) >= 11 is 6.46. The minimum atomic E-state index is -0.428. The topological polar surface area (TPSA) is 129 Å². The Bertz CT molecular complexity index is 1800. The number of hydrogen-bond acceptors (Lipinski definition) is 9. The summed E-state index contributed by atoms with van der Waals surface area (Å²) in [6, 6.07) is 12.0. The molecule has 3 aliphatic heterocycles. The molecule has 12 nitrogen and oxygen atoms in total. The molecule has 0 aliphatic carbocycles. The van der Waals surface area contributed by atoms with Crippen LogP contribution in [-0.2, 0) is 27.9 Å². The van der Waals surface area contributed by atoms with E-state index in [9.17, 15) is 14.4 Å². The van der Waals surface area contributed by atoms with Crippen molar-refractivity contribution < 1.29 is 14.4 Å². The average molecular weight is 600 g/mol. The first-order valence-corrected chi connectivity index (χ1v) is 14.6. The maximum atomic E-state index is 12.5. The zero-order valence-corrected chi connectivity index (χ0v) is 24.6. The fraction of sp³-hybridized carbons (Fsp3) is 0.333. The summed E-state index contributed by atoms with van der Waals surface area (Å²) in [4.78, 5) is 51.5. The minimum absolute atomic E-state index is 0.0749. The Balaban J connectivity index is 1.04. The number of nitrogens with zero attached hydrogens (tertiary/aromatic N) is 7. The van der Waals surface area contributed by atoms with Gasteiger partial charge in [-0.25, -0.2) is 4.98 Å². The number of piperazine rings is 1. The molecule has 2 fully saturated rings. The lowest BCUT2D eigenvalue weighted by molar-refractivity contribution is -0.134. The smallest absolute Gasteiger partial charge is 0.235 e. The quantitative estimate of drug-likeness (QED) is 0.332. The van der Waals surface area contributed by atoms with Gasteiger partial charge in [-0.1, -0.05) is 11.6 Å². The molecule has 1 atom stereocenters. The SMILES string of the molecule is CN1C(=O)Cc2cc(Nc3nc(N4CCN(c5ccc6c(C7CCC(=O)NC7=O)nn(C)c6c5)CC4)ncc3Cl)ccc21. The lowest BCUT2D eigenvalue weighted by atomic mass is 9.93. The van der Waals surface area contributed by atoms with Gasteiger partial charge in [0, 0.05) is 69.1 Å². The summed E-state index contributed by atoms with van der Waals surface area (Å²) in [5.41, 5.74) is 5.42. The zero-order chi connectivity index (χ0) is 29.8. The van der Waals surface area contributed by atoms with E-state index in [0.29, 0.717) is 41.7 Å². The van der Waals surface area contributed by atoms with Crippen LogP contribution < -0.4 is 25.3 Å². The summed E-state index contributed by atoms with van der Waals surface area (Å²) in [5.74, 6) is 0.244. The Hall–Kier alpha value is -4.71. The number of likely N-dealkylation sites (N-methyl/N-ethyl adjacent to an activating group) is 1. The first-order valence-electron chi connectivity index (χ1n) is 14.2. The van der Waals surface area contributed by atoms with Crippen LogP contribution in [0.25, 0.3) is 10.9 Å². The second-order valence-electron chi connectivity index (χ2n) is 11.2. The molecule has 0 saturated carbocycles. The van der Waals surface area contributed by atoms with E-state index in [1.54, 1.807) is 22.8 Å². The number of carbonyl (C=O) groups is 3. The van der Waals surface area contributed by atoms with Crippen LogP contribution in [0.3, 0.4) is 0 Å². The summed E-state index contributed by atoms with van der Waals surface area (Å²) < 4.78 is 1.81. The van der Waals surface area contributed by atoms with E-state index in [2.05, 4.69) is 42.6 Å². The molecule has 4 aromatic rings. The van der Waals surface area contributed by atoms with E-state index < -0.39 is 5.92 Å². The molecule has 220 valence electrons. The van der Waals surface area contributed by atoms with Crippen LogP contribution in [0.1, 0.15) is 30.0 Å². The molecule has 3 aliphatic rings. The van der Waals surface area contributed by atoms with Gasteiger partial charge in [0.05, 0.1) is 29.7 Å². The highest BCUT2D eigenvalue weighted by molar-refractivity contribution is 6.32. The molecule has 0 bridgehead atoms. The maximum absolute atomic E-state index is 12.5. The minimum Gasteiger partial charge on any atom is -0.368 e. The molecule has 5 heterocycles. The number of amides is 3. The highest BCUT2D eigenvalue weighted by Gasteiger charge is 2.32. The van der Waals surface area contributed by atoms with E-state index in [1.807, 2.05) is 31.3 Å². The van der Waals surface area contributed by atoms with Crippen molar-refractivity contribution in [1.29, 1.82) is 0 Å². The van der Waals surface area contributed by atoms with Crippen LogP contribution >= 0.6 is 11.6 Å². The summed E-state index contributed by atoms with van der Waals surface area (Å²) in [5, 5.41) is 11.7. The predicted molar refractivity (Wildman–Crippen MR) is 164 cm³/mol. The van der Waals surface area contributed by atoms with Crippen molar-refractivity contribution in [2.75, 3.05) is 53.2 Å². The fourth-order valence-electron chi connectivity index (χ4n) is 6.13. The number of anilines is 5. The lowest BCUT2D eigenvalue weighted by Gasteiger charge is -2.36. The standard InChI is InChI=1S/C30H30ClN9O3/c1-37-23-7-3-18(13-17(23)14-26(37)42)33-28-22(31)16-32-30(35-28)40-11-9-39(10-12-40)19-4-5-20-24(15-19)38(2)36-27(20)21-6-8-25(41)34-29(21)43/h3-5,7,13,15-16,21H,6,8-12,14H2,1-2H3,(H,32,33,35)(H,34,41,43). The molecule has 2 N–H and O–H groups in total. The Morgan fingerprint density at radius 2 is 1.79 bits per heavy atom. The van der Waals surface area contributed by atoms with Gasteiger partial charge in [0.15, 0.2) is 5.82 Å². The van der Waals surface area contributed by atoms with Gasteiger partial charge in [-0.3, -0.25) is 24.4 Å². The highest BCUT2D eigenvalue weighted by atomic mass is 35.5. The predicted octanol–water partition coefficient (Wildman–Crippen LogP) is 3.13. The fourth-order valence-corrected chi connectivity index (χ4v) is 6.27. The van der Waals surface area contributed by atoms with Crippen molar-refractivity contribution in [3.05, 3.63) is 58.9 Å². The highest BCUT2D eigenvalue weighted by Crippen LogP contribution is 2.34. The van der Waals surface area contributed by atoms with Gasteiger partial charge in [-0.05, 0) is 48.4 Å². The summed E-state index contributed by atoms with van der Waals surface area (Å²) in [6.07, 6.45) is 2.78. The van der Waals surface area contributed by atoms with Gasteiger partial charge in [-0.15, -0.1) is 0 Å². The number of hydrogen-bond donors (Lipinski definition) is 2. The number of halogens is 1. The Morgan fingerprint density at radius 3 is 2.58 bits per heavy atom. The first-order chi connectivity index (χ1) is 20.7. The molecule has 3 amide bonds. The Labute approximate surface area is 252 Å². The van der Waals surface area contributed by atoms with E-state index in [1.165, 1.54) is 0 Å². The number of benzene rings is 2. The maximum Gasteiger partial charge on any atom is 0.235 e. The summed E-state index contributed by atoms with van der Waals surface area (Å²) in [6.45, 7) is 2.98. The number of rotatable bonds is 5. The van der Waals surface area contributed by atoms with Crippen LogP contribution in [0.15, 0.2) is 42.6 Å². The molecule has 43 heavy (non-hydrogen) atoms. The molecule has 1 unspecified atom stereocenters. The van der Waals surface area contributed by atoms with Gasteiger partial charge < -0.3 is 20.0 Å². The number of aromatic nitrogens is 4. The number of aryl methyl sites for hydroxylation is 1. The number of carbonyl (C=O) groups excluding carboxylic acids is 3. The van der Waals surface area contributed by atoms with Gasteiger partial charge in [-0.2, -0.15) is 10.1 Å². The molecular formula is C30H30ClN9O3. The van der Waals surface area contributed by atoms with Crippen molar-refractivity contribution in [3.63, 3.8) is 0 Å². The first kappa shape index (κ1) is 27.1. The average Bonchev–Trinajstić information content (AvgIpc) is 3.48. The van der Waals surface area contributed by atoms with Gasteiger partial charge >= 0.3 is 0 Å². The molecule has 2 aromatic carbocycles. The van der Waals surface area contributed by atoms with Crippen molar-refractivity contribution in [2.24, 2.45) is 7.05 Å². The molecular weight excluding hydrogens is 570 g/mol. The Morgan fingerprint density at radius 1 is 1.00 bits per heavy atom. The second-order valence-corrected chi connectivity index (χ2v) is 11.6. The van der Waals surface area contributed by atoms with Crippen molar-refractivity contribution in [1.82, 2.24) is 25.1 Å². The number of piperidine rings is 1. The van der Waals surface area contributed by atoms with Crippen molar-refractivity contribution >= 4 is 69.1 Å². The van der Waals surface area contributed by atoms with Crippen LogP contribution in [0.4, 0.5) is 28.8 Å². The lowest BCUT2D eigenvalue weighted by Crippen LogP contribution is -2.47. The third-order valence-corrected chi connectivity index (χ3v) is 8.79. The molecule has 7 rings (SSSR count). The van der Waals surface area contributed by atoms with Crippen molar-refractivity contribution in [2.45, 2.75) is 25.2 Å². The van der Waals surface area contributed by atoms with Crippen LogP contribution in [0, 0.1) is 0 Å². The zero-order valence-electron chi connectivity index (χ0n) is 23.8. The van der Waals surface area contributed by atoms with Crippen LogP contribution in [-0.4, -0.2) is 70.7 Å². The largest absolute Gasteiger partial charge is 0.368 e. The number of imide groups is 1. The van der Waals surface area contributed by atoms with E-state index >= 15 is 0 Å². The van der Waals surface area contributed by atoms with Gasteiger partial charge in [0.2, 0.25) is 23.7 Å². The third kappa shape index (κ3) is 4.91. The Kier molecular flexibility index (Phi) is 6.65. The number of nitrogens with one attached hydrogen (secondary N) is 2. The monoisotopic (exact) mass is 599 g/mol. The summed E-state index contributed by atoms with van der Waals surface area (Å²) in [7, 11) is 3.66.